The highest BCUT2D eigenvalue weighted by Gasteiger charge is 2.19. The standard InChI is InChI=1S/C12H27NO2/c1-4-12(3,10-15)9-13-7-5-6-11(2)8-14/h11,13-15H,4-10H2,1-3H3. The summed E-state index contributed by atoms with van der Waals surface area (Å²) >= 11 is 0. The maximum atomic E-state index is 9.20. The molecule has 0 amide bonds. The first kappa shape index (κ1) is 14.9. The molecule has 0 aromatic carbocycles. The number of aliphatic hydroxyl groups is 2. The third-order valence-corrected chi connectivity index (χ3v) is 3.15. The molecule has 0 fully saturated rings. The average Bonchev–Trinajstić information content (AvgIpc) is 2.27. The average molecular weight is 217 g/mol. The van der Waals surface area contributed by atoms with Gasteiger partial charge in [-0.3, -0.25) is 0 Å². The largest absolute Gasteiger partial charge is 0.396 e. The van der Waals surface area contributed by atoms with Crippen LogP contribution in [0.2, 0.25) is 0 Å². The third-order valence-electron chi connectivity index (χ3n) is 3.15. The minimum atomic E-state index is 0.0165. The Hall–Kier alpha value is -0.120. The SMILES string of the molecule is CCC(C)(CO)CNCCCC(C)CO. The second-order valence-corrected chi connectivity index (χ2v) is 4.93. The summed E-state index contributed by atoms with van der Waals surface area (Å²) in [5, 5.41) is 21.4. The molecule has 15 heavy (non-hydrogen) atoms. The lowest BCUT2D eigenvalue weighted by molar-refractivity contribution is 0.135. The molecule has 0 aromatic rings. The van der Waals surface area contributed by atoms with Crippen molar-refractivity contribution in [2.24, 2.45) is 11.3 Å². The molecule has 92 valence electrons. The van der Waals surface area contributed by atoms with Gasteiger partial charge in [-0.05, 0) is 31.7 Å². The normalized spacial score (nSPS) is 17.4. The number of aliphatic hydroxyl groups excluding tert-OH is 2. The van der Waals surface area contributed by atoms with Crippen LogP contribution in [0.5, 0.6) is 0 Å². The number of rotatable bonds is 9. The first-order chi connectivity index (χ1) is 7.08. The van der Waals surface area contributed by atoms with E-state index in [0.29, 0.717) is 5.92 Å². The minimum absolute atomic E-state index is 0.0165. The quantitative estimate of drug-likeness (QED) is 0.512. The first-order valence-corrected chi connectivity index (χ1v) is 6.00. The smallest absolute Gasteiger partial charge is 0.0496 e. The molecule has 2 atom stereocenters. The lowest BCUT2D eigenvalue weighted by Crippen LogP contribution is -2.34. The van der Waals surface area contributed by atoms with Crippen LogP contribution in [0.4, 0.5) is 0 Å². The highest BCUT2D eigenvalue weighted by Crippen LogP contribution is 2.18. The summed E-state index contributed by atoms with van der Waals surface area (Å²) < 4.78 is 0. The van der Waals surface area contributed by atoms with Crippen molar-refractivity contribution < 1.29 is 10.2 Å². The van der Waals surface area contributed by atoms with Crippen molar-refractivity contribution in [1.29, 1.82) is 0 Å². The molecule has 0 aromatic heterocycles. The Morgan fingerprint density at radius 1 is 1.33 bits per heavy atom. The molecule has 0 heterocycles. The molecule has 0 rings (SSSR count). The Labute approximate surface area is 93.9 Å². The van der Waals surface area contributed by atoms with E-state index >= 15 is 0 Å². The van der Waals surface area contributed by atoms with E-state index in [4.69, 9.17) is 5.11 Å². The molecule has 3 heteroatoms. The van der Waals surface area contributed by atoms with E-state index in [0.717, 1.165) is 32.4 Å². The Morgan fingerprint density at radius 2 is 2.00 bits per heavy atom. The molecule has 0 saturated carbocycles. The van der Waals surface area contributed by atoms with E-state index in [1.165, 1.54) is 0 Å². The molecule has 0 aliphatic heterocycles. The molecule has 3 N–H and O–H groups in total. The van der Waals surface area contributed by atoms with Crippen molar-refractivity contribution >= 4 is 0 Å². The van der Waals surface area contributed by atoms with Gasteiger partial charge < -0.3 is 15.5 Å². The molecule has 0 saturated heterocycles. The monoisotopic (exact) mass is 217 g/mol. The van der Waals surface area contributed by atoms with E-state index in [1.54, 1.807) is 0 Å². The van der Waals surface area contributed by atoms with Crippen LogP contribution in [0.25, 0.3) is 0 Å². The van der Waals surface area contributed by atoms with Gasteiger partial charge in [0.15, 0.2) is 0 Å². The Bertz CT molecular complexity index is 147. The van der Waals surface area contributed by atoms with Gasteiger partial charge in [0.25, 0.3) is 0 Å². The fourth-order valence-corrected chi connectivity index (χ4v) is 1.35. The number of hydrogen-bond acceptors (Lipinski definition) is 3. The fraction of sp³-hybridized carbons (Fsp3) is 1.00. The molecular weight excluding hydrogens is 190 g/mol. The molecule has 0 radical (unpaired) electrons. The molecule has 3 nitrogen and oxygen atoms in total. The Morgan fingerprint density at radius 3 is 2.47 bits per heavy atom. The predicted octanol–water partition coefficient (Wildman–Crippen LogP) is 1.39. The van der Waals surface area contributed by atoms with Crippen molar-refractivity contribution in [3.05, 3.63) is 0 Å². The van der Waals surface area contributed by atoms with Gasteiger partial charge in [0.05, 0.1) is 0 Å². The van der Waals surface area contributed by atoms with Gasteiger partial charge in [0, 0.05) is 25.2 Å². The highest BCUT2D eigenvalue weighted by atomic mass is 16.3. The highest BCUT2D eigenvalue weighted by molar-refractivity contribution is 4.74. The second-order valence-electron chi connectivity index (χ2n) is 4.93. The van der Waals surface area contributed by atoms with E-state index < -0.39 is 0 Å². The topological polar surface area (TPSA) is 52.5 Å². The van der Waals surface area contributed by atoms with E-state index in [9.17, 15) is 5.11 Å². The molecule has 2 unspecified atom stereocenters. The van der Waals surface area contributed by atoms with Crippen LogP contribution < -0.4 is 5.32 Å². The summed E-state index contributed by atoms with van der Waals surface area (Å²) in [6.07, 6.45) is 3.14. The van der Waals surface area contributed by atoms with Gasteiger partial charge >= 0.3 is 0 Å². The zero-order valence-corrected chi connectivity index (χ0v) is 10.4. The van der Waals surface area contributed by atoms with Crippen LogP contribution in [-0.4, -0.2) is 36.5 Å². The Kier molecular flexibility index (Phi) is 8.02. The lowest BCUT2D eigenvalue weighted by atomic mass is 9.88. The Balaban J connectivity index is 3.45. The maximum Gasteiger partial charge on any atom is 0.0496 e. The minimum Gasteiger partial charge on any atom is -0.396 e. The van der Waals surface area contributed by atoms with Crippen LogP contribution in [0.1, 0.15) is 40.0 Å². The summed E-state index contributed by atoms with van der Waals surface area (Å²) in [6.45, 7) is 8.62. The summed E-state index contributed by atoms with van der Waals surface area (Å²) in [5.74, 6) is 0.405. The van der Waals surface area contributed by atoms with Gasteiger partial charge in [-0.15, -0.1) is 0 Å². The van der Waals surface area contributed by atoms with Gasteiger partial charge in [-0.25, -0.2) is 0 Å². The summed E-state index contributed by atoms with van der Waals surface area (Å²) in [5.41, 5.74) is 0.0165. The third kappa shape index (κ3) is 6.88. The van der Waals surface area contributed by atoms with Gasteiger partial charge in [0.1, 0.15) is 0 Å². The summed E-state index contributed by atoms with van der Waals surface area (Å²) in [7, 11) is 0. The zero-order chi connectivity index (χ0) is 11.7. The van der Waals surface area contributed by atoms with Crippen LogP contribution >= 0.6 is 0 Å². The van der Waals surface area contributed by atoms with Crippen LogP contribution in [0.3, 0.4) is 0 Å². The van der Waals surface area contributed by atoms with E-state index in [-0.39, 0.29) is 18.6 Å². The van der Waals surface area contributed by atoms with Crippen molar-refractivity contribution in [1.82, 2.24) is 5.32 Å². The molecule has 0 spiro atoms. The summed E-state index contributed by atoms with van der Waals surface area (Å²) in [6, 6.07) is 0. The number of nitrogens with one attached hydrogen (secondary N) is 1. The van der Waals surface area contributed by atoms with Gasteiger partial charge in [0.2, 0.25) is 0 Å². The van der Waals surface area contributed by atoms with Gasteiger partial charge in [-0.2, -0.15) is 0 Å². The van der Waals surface area contributed by atoms with Crippen LogP contribution in [0, 0.1) is 11.3 Å². The van der Waals surface area contributed by atoms with Crippen molar-refractivity contribution in [3.63, 3.8) is 0 Å². The maximum absolute atomic E-state index is 9.20. The van der Waals surface area contributed by atoms with Crippen molar-refractivity contribution in [3.8, 4) is 0 Å². The first-order valence-electron chi connectivity index (χ1n) is 6.00. The van der Waals surface area contributed by atoms with Crippen molar-refractivity contribution in [2.75, 3.05) is 26.3 Å². The van der Waals surface area contributed by atoms with E-state index in [2.05, 4.69) is 26.1 Å². The molecular formula is C12H27NO2. The second kappa shape index (κ2) is 8.08. The number of hydrogen-bond donors (Lipinski definition) is 3. The van der Waals surface area contributed by atoms with Crippen LogP contribution in [0.15, 0.2) is 0 Å². The predicted molar refractivity (Wildman–Crippen MR) is 63.8 cm³/mol. The molecule has 0 aliphatic rings. The van der Waals surface area contributed by atoms with Crippen molar-refractivity contribution in [2.45, 2.75) is 40.0 Å². The summed E-state index contributed by atoms with van der Waals surface area (Å²) in [4.78, 5) is 0. The van der Waals surface area contributed by atoms with Crippen LogP contribution in [-0.2, 0) is 0 Å². The lowest BCUT2D eigenvalue weighted by Gasteiger charge is -2.26. The van der Waals surface area contributed by atoms with Gasteiger partial charge in [-0.1, -0.05) is 20.8 Å². The zero-order valence-electron chi connectivity index (χ0n) is 10.4. The van der Waals surface area contributed by atoms with E-state index in [1.807, 2.05) is 0 Å². The fourth-order valence-electron chi connectivity index (χ4n) is 1.35. The molecule has 0 bridgehead atoms. The molecule has 0 aliphatic carbocycles.